The van der Waals surface area contributed by atoms with Crippen LogP contribution in [0.2, 0.25) is 5.02 Å². The zero-order valence-corrected chi connectivity index (χ0v) is 10.6. The Morgan fingerprint density at radius 2 is 2.24 bits per heavy atom. The molecule has 1 aliphatic heterocycles. The predicted molar refractivity (Wildman–Crippen MR) is 67.7 cm³/mol. The summed E-state index contributed by atoms with van der Waals surface area (Å²) in [4.78, 5) is 13.5. The Morgan fingerprint density at radius 1 is 1.53 bits per heavy atom. The van der Waals surface area contributed by atoms with Crippen LogP contribution in [0.4, 0.5) is 5.69 Å². The lowest BCUT2D eigenvalue weighted by molar-refractivity contribution is -0.117. The van der Waals surface area contributed by atoms with E-state index in [1.165, 1.54) is 0 Å². The number of hydrogen-bond acceptors (Lipinski definition) is 3. The molecular formula is C12H15ClN2O2. The third-order valence-corrected chi connectivity index (χ3v) is 3.09. The molecule has 2 N–H and O–H groups in total. The van der Waals surface area contributed by atoms with Crippen LogP contribution >= 0.6 is 11.6 Å². The van der Waals surface area contributed by atoms with Gasteiger partial charge in [0.15, 0.2) is 0 Å². The van der Waals surface area contributed by atoms with Gasteiger partial charge >= 0.3 is 0 Å². The molecule has 0 aliphatic carbocycles. The van der Waals surface area contributed by atoms with Crippen molar-refractivity contribution >= 4 is 23.2 Å². The molecule has 2 rings (SSSR count). The Kier molecular flexibility index (Phi) is 3.26. The van der Waals surface area contributed by atoms with Gasteiger partial charge in [0.25, 0.3) is 0 Å². The molecule has 1 aromatic carbocycles. The largest absolute Gasteiger partial charge is 0.494 e. The topological polar surface area (TPSA) is 55.6 Å². The summed E-state index contributed by atoms with van der Waals surface area (Å²) in [5.74, 6) is 0.689. The molecule has 1 aromatic rings. The Labute approximate surface area is 105 Å². The van der Waals surface area contributed by atoms with Gasteiger partial charge in [0.05, 0.1) is 12.8 Å². The van der Waals surface area contributed by atoms with Crippen molar-refractivity contribution in [1.29, 1.82) is 0 Å². The van der Waals surface area contributed by atoms with Crippen LogP contribution in [-0.2, 0) is 4.79 Å². The summed E-state index contributed by atoms with van der Waals surface area (Å²) < 4.78 is 5.33. The molecule has 1 amide bonds. The summed E-state index contributed by atoms with van der Waals surface area (Å²) in [7, 11) is 1.58. The van der Waals surface area contributed by atoms with E-state index in [4.69, 9.17) is 22.1 Å². The molecule has 1 saturated heterocycles. The number of benzene rings is 1. The third kappa shape index (κ3) is 2.23. The van der Waals surface area contributed by atoms with Crippen LogP contribution in [0, 0.1) is 6.92 Å². The normalized spacial score (nSPS) is 19.9. The van der Waals surface area contributed by atoms with Gasteiger partial charge in [0.2, 0.25) is 5.91 Å². The van der Waals surface area contributed by atoms with Gasteiger partial charge in [-0.3, -0.25) is 4.79 Å². The number of amides is 1. The van der Waals surface area contributed by atoms with Gasteiger partial charge in [-0.1, -0.05) is 11.6 Å². The van der Waals surface area contributed by atoms with E-state index in [1.807, 2.05) is 13.0 Å². The first-order valence-corrected chi connectivity index (χ1v) is 5.80. The highest BCUT2D eigenvalue weighted by Crippen LogP contribution is 2.36. The maximum Gasteiger partial charge on any atom is 0.228 e. The van der Waals surface area contributed by atoms with Crippen molar-refractivity contribution < 1.29 is 9.53 Å². The third-order valence-electron chi connectivity index (χ3n) is 2.87. The van der Waals surface area contributed by atoms with E-state index in [-0.39, 0.29) is 11.9 Å². The molecule has 1 unspecified atom stereocenters. The lowest BCUT2D eigenvalue weighted by atomic mass is 10.2. The molecule has 0 radical (unpaired) electrons. The van der Waals surface area contributed by atoms with E-state index in [2.05, 4.69) is 0 Å². The Hall–Kier alpha value is -1.26. The standard InChI is InChI=1S/C12H15ClN2O2/c1-7-3-8(13)4-10(12(7)17-2)15-6-9(14)5-11(15)16/h3-4,9H,5-6,14H2,1-2H3. The fraction of sp³-hybridized carbons (Fsp3) is 0.417. The van der Waals surface area contributed by atoms with E-state index in [9.17, 15) is 4.79 Å². The average molecular weight is 255 g/mol. The van der Waals surface area contributed by atoms with E-state index >= 15 is 0 Å². The number of nitrogens with two attached hydrogens (primary N) is 1. The number of carbonyl (C=O) groups excluding carboxylic acids is 1. The van der Waals surface area contributed by atoms with Gasteiger partial charge in [-0.2, -0.15) is 0 Å². The van der Waals surface area contributed by atoms with Crippen LogP contribution in [0.5, 0.6) is 5.75 Å². The van der Waals surface area contributed by atoms with Crippen molar-refractivity contribution in [3.05, 3.63) is 22.7 Å². The van der Waals surface area contributed by atoms with Gasteiger partial charge in [-0.05, 0) is 24.6 Å². The second kappa shape index (κ2) is 4.55. The van der Waals surface area contributed by atoms with Gasteiger partial charge in [-0.15, -0.1) is 0 Å². The van der Waals surface area contributed by atoms with Crippen molar-refractivity contribution in [3.63, 3.8) is 0 Å². The molecule has 4 nitrogen and oxygen atoms in total. The van der Waals surface area contributed by atoms with Gasteiger partial charge in [-0.25, -0.2) is 0 Å². The summed E-state index contributed by atoms with van der Waals surface area (Å²) in [6, 6.07) is 3.43. The number of carbonyl (C=O) groups is 1. The summed E-state index contributed by atoms with van der Waals surface area (Å²) >= 11 is 6.02. The smallest absolute Gasteiger partial charge is 0.228 e. The minimum atomic E-state index is -0.119. The second-order valence-corrected chi connectivity index (χ2v) is 4.68. The Bertz CT molecular complexity index is 462. The number of halogens is 1. The number of aryl methyl sites for hydroxylation is 1. The monoisotopic (exact) mass is 254 g/mol. The van der Waals surface area contributed by atoms with Crippen LogP contribution in [0.15, 0.2) is 12.1 Å². The highest BCUT2D eigenvalue weighted by Gasteiger charge is 2.30. The quantitative estimate of drug-likeness (QED) is 0.874. The lowest BCUT2D eigenvalue weighted by Crippen LogP contribution is -2.28. The first-order valence-electron chi connectivity index (χ1n) is 5.43. The molecule has 92 valence electrons. The van der Waals surface area contributed by atoms with E-state index in [1.54, 1.807) is 18.1 Å². The van der Waals surface area contributed by atoms with Crippen LogP contribution < -0.4 is 15.4 Å². The molecular weight excluding hydrogens is 240 g/mol. The van der Waals surface area contributed by atoms with E-state index in [0.717, 1.165) is 5.56 Å². The predicted octanol–water partition coefficient (Wildman–Crippen LogP) is 1.72. The fourth-order valence-electron chi connectivity index (χ4n) is 2.15. The molecule has 0 aromatic heterocycles. The van der Waals surface area contributed by atoms with Gasteiger partial charge in [0.1, 0.15) is 5.75 Å². The zero-order valence-electron chi connectivity index (χ0n) is 9.87. The van der Waals surface area contributed by atoms with Crippen LogP contribution in [0.1, 0.15) is 12.0 Å². The molecule has 1 heterocycles. The summed E-state index contributed by atoms with van der Waals surface area (Å²) in [6.07, 6.45) is 0.370. The van der Waals surface area contributed by atoms with Gasteiger partial charge < -0.3 is 15.4 Å². The maximum atomic E-state index is 11.8. The molecule has 1 atom stereocenters. The number of rotatable bonds is 2. The first-order chi connectivity index (χ1) is 8.02. The molecule has 5 heteroatoms. The van der Waals surface area contributed by atoms with Crippen molar-refractivity contribution in [2.75, 3.05) is 18.6 Å². The molecule has 1 fully saturated rings. The van der Waals surface area contributed by atoms with Crippen LogP contribution in [-0.4, -0.2) is 25.6 Å². The number of ether oxygens (including phenoxy) is 1. The average Bonchev–Trinajstić information content (AvgIpc) is 2.56. The van der Waals surface area contributed by atoms with Crippen molar-refractivity contribution in [2.45, 2.75) is 19.4 Å². The van der Waals surface area contributed by atoms with Crippen molar-refractivity contribution in [1.82, 2.24) is 0 Å². The van der Waals surface area contributed by atoms with E-state index in [0.29, 0.717) is 29.4 Å². The summed E-state index contributed by atoms with van der Waals surface area (Å²) in [5.41, 5.74) is 7.39. The van der Waals surface area contributed by atoms with Crippen molar-refractivity contribution in [2.24, 2.45) is 5.73 Å². The van der Waals surface area contributed by atoms with E-state index < -0.39 is 0 Å². The maximum absolute atomic E-state index is 11.8. The minimum absolute atomic E-state index is 0.0115. The summed E-state index contributed by atoms with van der Waals surface area (Å²) in [5, 5.41) is 0.589. The van der Waals surface area contributed by atoms with Crippen molar-refractivity contribution in [3.8, 4) is 5.75 Å². The number of methoxy groups -OCH3 is 1. The molecule has 0 spiro atoms. The fourth-order valence-corrected chi connectivity index (χ4v) is 2.41. The van der Waals surface area contributed by atoms with Crippen LogP contribution in [0.3, 0.4) is 0 Å². The summed E-state index contributed by atoms with van der Waals surface area (Å²) in [6.45, 7) is 2.41. The Morgan fingerprint density at radius 3 is 2.76 bits per heavy atom. The first kappa shape index (κ1) is 12.2. The molecule has 0 bridgehead atoms. The molecule has 1 aliphatic rings. The number of nitrogens with zero attached hydrogens (tertiary/aromatic N) is 1. The Balaban J connectivity index is 2.47. The zero-order chi connectivity index (χ0) is 12.6. The highest BCUT2D eigenvalue weighted by molar-refractivity contribution is 6.31. The highest BCUT2D eigenvalue weighted by atomic mass is 35.5. The minimum Gasteiger partial charge on any atom is -0.494 e. The van der Waals surface area contributed by atoms with Crippen LogP contribution in [0.25, 0.3) is 0 Å². The van der Waals surface area contributed by atoms with Gasteiger partial charge in [0, 0.05) is 24.0 Å². The molecule has 17 heavy (non-hydrogen) atoms. The molecule has 0 saturated carbocycles. The number of hydrogen-bond donors (Lipinski definition) is 1. The second-order valence-electron chi connectivity index (χ2n) is 4.24. The SMILES string of the molecule is COc1c(C)cc(Cl)cc1N1CC(N)CC1=O. The lowest BCUT2D eigenvalue weighted by Gasteiger charge is -2.21. The number of anilines is 1.